The number of Topliss-reactive ketones (excluding diaryl/α,β-unsaturated/α-hetero) is 1. The van der Waals surface area contributed by atoms with Crippen molar-refractivity contribution in [2.45, 2.75) is 37.3 Å². The van der Waals surface area contributed by atoms with Crippen LogP contribution in [0.25, 0.3) is 0 Å². The lowest BCUT2D eigenvalue weighted by atomic mass is 10.0. The molecular formula is C15H22N2O6. The van der Waals surface area contributed by atoms with Crippen LogP contribution in [0.5, 0.6) is 0 Å². The molecule has 1 rings (SSSR count). The maximum Gasteiger partial charge on any atom is 0.164 e. The zero-order valence-electron chi connectivity index (χ0n) is 12.6. The highest BCUT2D eigenvalue weighted by Gasteiger charge is 2.28. The molecular weight excluding hydrogens is 304 g/mol. The van der Waals surface area contributed by atoms with Crippen molar-refractivity contribution in [3.05, 3.63) is 30.1 Å². The molecule has 0 bridgehead atoms. The number of hydrogen-bond acceptors (Lipinski definition) is 8. The van der Waals surface area contributed by atoms with Crippen LogP contribution in [0, 0.1) is 0 Å². The van der Waals surface area contributed by atoms with E-state index in [2.05, 4.69) is 9.98 Å². The summed E-state index contributed by atoms with van der Waals surface area (Å²) in [5, 5.41) is 46.4. The van der Waals surface area contributed by atoms with E-state index < -0.39 is 31.0 Å². The zero-order valence-corrected chi connectivity index (χ0v) is 12.6. The van der Waals surface area contributed by atoms with Gasteiger partial charge in [0.05, 0.1) is 6.61 Å². The fraction of sp³-hybridized carbons (Fsp3) is 0.533. The van der Waals surface area contributed by atoms with Gasteiger partial charge in [0.1, 0.15) is 24.4 Å². The minimum absolute atomic E-state index is 0.0598. The van der Waals surface area contributed by atoms with Gasteiger partial charge in [0, 0.05) is 37.1 Å². The summed E-state index contributed by atoms with van der Waals surface area (Å²) in [6, 6.07) is 3.35. The van der Waals surface area contributed by atoms with Crippen molar-refractivity contribution in [1.82, 2.24) is 4.98 Å². The maximum atomic E-state index is 11.8. The van der Waals surface area contributed by atoms with Gasteiger partial charge in [0.15, 0.2) is 5.78 Å². The predicted octanol–water partition coefficient (Wildman–Crippen LogP) is -1.45. The van der Waals surface area contributed by atoms with Crippen LogP contribution in [0.4, 0.5) is 0 Å². The lowest BCUT2D eigenvalue weighted by Gasteiger charge is -2.23. The fourth-order valence-corrected chi connectivity index (χ4v) is 1.81. The number of aliphatic imine (C=N–C) groups is 1. The Hall–Kier alpha value is -1.71. The SMILES string of the molecule is O=C(CCCN=CC(O)C(O)C(O)C(O)CO)c1cccnc1. The molecule has 0 amide bonds. The molecule has 0 fully saturated rings. The number of ketones is 1. The lowest BCUT2D eigenvalue weighted by Crippen LogP contribution is -2.46. The quantitative estimate of drug-likeness (QED) is 0.201. The van der Waals surface area contributed by atoms with E-state index in [1.54, 1.807) is 18.3 Å². The minimum atomic E-state index is -1.69. The molecule has 1 aromatic rings. The molecule has 0 radical (unpaired) electrons. The number of rotatable bonds is 10. The van der Waals surface area contributed by atoms with E-state index in [4.69, 9.17) is 10.2 Å². The molecule has 4 unspecified atom stereocenters. The van der Waals surface area contributed by atoms with E-state index in [0.717, 1.165) is 6.21 Å². The second-order valence-electron chi connectivity index (χ2n) is 5.05. The van der Waals surface area contributed by atoms with Gasteiger partial charge in [-0.05, 0) is 18.6 Å². The van der Waals surface area contributed by atoms with Crippen LogP contribution in [0.1, 0.15) is 23.2 Å². The number of hydrogen-bond donors (Lipinski definition) is 5. The van der Waals surface area contributed by atoms with Crippen molar-refractivity contribution < 1.29 is 30.3 Å². The third-order valence-electron chi connectivity index (χ3n) is 3.21. The summed E-state index contributed by atoms with van der Waals surface area (Å²) in [6.07, 6.45) is -1.57. The molecule has 8 heteroatoms. The highest BCUT2D eigenvalue weighted by Crippen LogP contribution is 2.05. The van der Waals surface area contributed by atoms with Crippen molar-refractivity contribution in [3.8, 4) is 0 Å². The number of aromatic nitrogens is 1. The molecule has 23 heavy (non-hydrogen) atoms. The Morgan fingerprint density at radius 3 is 2.61 bits per heavy atom. The number of aliphatic hydroxyl groups excluding tert-OH is 5. The van der Waals surface area contributed by atoms with E-state index in [0.29, 0.717) is 12.0 Å². The Balaban J connectivity index is 2.32. The highest BCUT2D eigenvalue weighted by molar-refractivity contribution is 5.95. The molecule has 0 aliphatic rings. The van der Waals surface area contributed by atoms with Gasteiger partial charge in [-0.1, -0.05) is 0 Å². The first-order chi connectivity index (χ1) is 11.0. The molecule has 8 nitrogen and oxygen atoms in total. The Labute approximate surface area is 133 Å². The molecule has 5 N–H and O–H groups in total. The van der Waals surface area contributed by atoms with E-state index in [1.807, 2.05) is 0 Å². The van der Waals surface area contributed by atoms with Crippen LogP contribution < -0.4 is 0 Å². The normalized spacial score (nSPS) is 16.9. The number of carbonyl (C=O) groups is 1. The van der Waals surface area contributed by atoms with Crippen molar-refractivity contribution in [1.29, 1.82) is 0 Å². The predicted molar refractivity (Wildman–Crippen MR) is 82.3 cm³/mol. The Bertz CT molecular complexity index is 496. The van der Waals surface area contributed by atoms with Crippen molar-refractivity contribution in [3.63, 3.8) is 0 Å². The van der Waals surface area contributed by atoms with Gasteiger partial charge in [0.2, 0.25) is 0 Å². The van der Waals surface area contributed by atoms with E-state index in [-0.39, 0.29) is 18.7 Å². The Morgan fingerprint density at radius 1 is 1.26 bits per heavy atom. The molecule has 0 saturated heterocycles. The third kappa shape index (κ3) is 6.51. The standard InChI is InChI=1S/C15H22N2O6/c18-9-13(21)15(23)14(22)12(20)8-17-6-2-4-11(19)10-3-1-5-16-7-10/h1,3,5,7-8,12-15,18,20-23H,2,4,6,9H2. The van der Waals surface area contributed by atoms with Crippen molar-refractivity contribution in [2.24, 2.45) is 4.99 Å². The minimum Gasteiger partial charge on any atom is -0.394 e. The van der Waals surface area contributed by atoms with Crippen LogP contribution in [0.3, 0.4) is 0 Å². The number of pyridine rings is 1. The second-order valence-corrected chi connectivity index (χ2v) is 5.05. The summed E-state index contributed by atoms with van der Waals surface area (Å²) in [5.41, 5.74) is 0.521. The van der Waals surface area contributed by atoms with Gasteiger partial charge in [0.25, 0.3) is 0 Å². The first kappa shape index (κ1) is 19.3. The van der Waals surface area contributed by atoms with E-state index in [9.17, 15) is 20.1 Å². The van der Waals surface area contributed by atoms with E-state index >= 15 is 0 Å². The smallest absolute Gasteiger partial charge is 0.164 e. The third-order valence-corrected chi connectivity index (χ3v) is 3.21. The lowest BCUT2D eigenvalue weighted by molar-refractivity contribution is -0.0999. The van der Waals surface area contributed by atoms with Gasteiger partial charge in [-0.25, -0.2) is 0 Å². The van der Waals surface area contributed by atoms with Crippen LogP contribution in [0.15, 0.2) is 29.5 Å². The summed E-state index contributed by atoms with van der Waals surface area (Å²) >= 11 is 0. The molecule has 0 saturated carbocycles. The molecule has 128 valence electrons. The second kappa shape index (κ2) is 10.1. The molecule has 0 aliphatic heterocycles. The number of nitrogens with zero attached hydrogens (tertiary/aromatic N) is 2. The van der Waals surface area contributed by atoms with Gasteiger partial charge in [-0.3, -0.25) is 14.8 Å². The van der Waals surface area contributed by atoms with Gasteiger partial charge >= 0.3 is 0 Å². The van der Waals surface area contributed by atoms with Gasteiger partial charge in [-0.15, -0.1) is 0 Å². The summed E-state index contributed by atoms with van der Waals surface area (Å²) in [4.78, 5) is 19.5. The first-order valence-electron chi connectivity index (χ1n) is 7.23. The molecule has 0 spiro atoms. The maximum absolute atomic E-state index is 11.8. The van der Waals surface area contributed by atoms with Gasteiger partial charge in [-0.2, -0.15) is 0 Å². The summed E-state index contributed by atoms with van der Waals surface area (Å²) < 4.78 is 0. The van der Waals surface area contributed by atoms with Gasteiger partial charge < -0.3 is 25.5 Å². The molecule has 1 aromatic heterocycles. The fourth-order valence-electron chi connectivity index (χ4n) is 1.81. The average Bonchev–Trinajstić information content (AvgIpc) is 2.59. The topological polar surface area (TPSA) is 143 Å². The Morgan fingerprint density at radius 2 is 2.00 bits per heavy atom. The molecule has 1 heterocycles. The highest BCUT2D eigenvalue weighted by atomic mass is 16.4. The summed E-state index contributed by atoms with van der Waals surface area (Å²) in [7, 11) is 0. The van der Waals surface area contributed by atoms with Crippen molar-refractivity contribution in [2.75, 3.05) is 13.2 Å². The number of aliphatic hydroxyl groups is 5. The first-order valence-corrected chi connectivity index (χ1v) is 7.23. The zero-order chi connectivity index (χ0) is 17.2. The molecule has 0 aromatic carbocycles. The monoisotopic (exact) mass is 326 g/mol. The van der Waals surface area contributed by atoms with Crippen LogP contribution in [-0.4, -0.2) is 80.1 Å². The average molecular weight is 326 g/mol. The van der Waals surface area contributed by atoms with E-state index in [1.165, 1.54) is 6.20 Å². The van der Waals surface area contributed by atoms with Crippen LogP contribution in [0.2, 0.25) is 0 Å². The summed E-state index contributed by atoms with van der Waals surface area (Å²) in [6.45, 7) is -0.479. The van der Waals surface area contributed by atoms with Crippen LogP contribution in [-0.2, 0) is 0 Å². The van der Waals surface area contributed by atoms with Crippen molar-refractivity contribution >= 4 is 12.0 Å². The molecule has 4 atom stereocenters. The summed E-state index contributed by atoms with van der Waals surface area (Å²) in [5.74, 6) is -0.0598. The number of carbonyl (C=O) groups excluding carboxylic acids is 1. The largest absolute Gasteiger partial charge is 0.394 e. The van der Waals surface area contributed by atoms with Crippen LogP contribution >= 0.6 is 0 Å². The molecule has 0 aliphatic carbocycles. The Kier molecular flexibility index (Phi) is 8.52.